The van der Waals surface area contributed by atoms with E-state index >= 15 is 0 Å². The van der Waals surface area contributed by atoms with Gasteiger partial charge < -0.3 is 13.9 Å². The monoisotopic (exact) mass is 740 g/mol. The molecule has 2 aliphatic carbocycles. The topological polar surface area (TPSA) is 70.3 Å². The molecule has 2 aliphatic heterocycles. The predicted octanol–water partition coefficient (Wildman–Crippen LogP) is 12.1. The van der Waals surface area contributed by atoms with E-state index in [9.17, 15) is 4.79 Å². The van der Waals surface area contributed by atoms with Gasteiger partial charge in [0, 0.05) is 43.3 Å². The van der Waals surface area contributed by atoms with E-state index in [1.807, 2.05) is 35.7 Å². The Morgan fingerprint density at radius 3 is 1.62 bits per heavy atom. The fraction of sp³-hybridized carbons (Fsp3) is 0.333. The van der Waals surface area contributed by atoms with Crippen LogP contribution in [0.1, 0.15) is 92.7 Å². The number of aryl methyl sites for hydroxylation is 1. The van der Waals surface area contributed by atoms with Crippen LogP contribution in [-0.4, -0.2) is 21.8 Å². The number of carbonyl (C=O) groups excluding carboxylic acids is 3. The summed E-state index contributed by atoms with van der Waals surface area (Å²) in [5, 5.41) is 2.82. The van der Waals surface area contributed by atoms with Gasteiger partial charge in [-0.15, -0.1) is 23.5 Å². The number of aromatic nitrogens is 2. The zero-order valence-corrected chi connectivity index (χ0v) is 31.8. The summed E-state index contributed by atoms with van der Waals surface area (Å²) in [4.78, 5) is 29.8. The molecule has 4 aromatic carbocycles. The van der Waals surface area contributed by atoms with Crippen molar-refractivity contribution in [2.45, 2.75) is 105 Å². The molecule has 10 rings (SSSR count). The van der Waals surface area contributed by atoms with Crippen LogP contribution in [0.4, 0.5) is 0 Å². The van der Waals surface area contributed by atoms with E-state index in [1.165, 1.54) is 129 Å². The predicted molar refractivity (Wildman–Crippen MR) is 215 cm³/mol. The highest BCUT2D eigenvalue weighted by molar-refractivity contribution is 7.98. The molecular formula is C45H44N2O4S2. The Labute approximate surface area is 319 Å². The molecule has 2 fully saturated rings. The zero-order chi connectivity index (χ0) is 36.3. The van der Waals surface area contributed by atoms with E-state index in [4.69, 9.17) is 14.3 Å². The van der Waals surface area contributed by atoms with Crippen molar-refractivity contribution in [3.05, 3.63) is 102 Å². The lowest BCUT2D eigenvalue weighted by Gasteiger charge is -2.26. The van der Waals surface area contributed by atoms with E-state index in [0.717, 1.165) is 17.7 Å². The number of thioether (sulfide) groups is 2. The van der Waals surface area contributed by atoms with E-state index in [-0.39, 0.29) is 6.15 Å². The second-order valence-electron chi connectivity index (χ2n) is 14.6. The third kappa shape index (κ3) is 6.78. The van der Waals surface area contributed by atoms with Crippen molar-refractivity contribution in [2.75, 3.05) is 0 Å². The fourth-order valence-electron chi connectivity index (χ4n) is 9.27. The maximum atomic E-state index is 10.8. The Kier molecular flexibility index (Phi) is 10.6. The minimum atomic E-state index is 0.250. The van der Waals surface area contributed by atoms with Crippen molar-refractivity contribution < 1.29 is 19.1 Å². The highest BCUT2D eigenvalue weighted by Gasteiger charge is 2.31. The van der Waals surface area contributed by atoms with Gasteiger partial charge in [0.25, 0.3) is 6.47 Å². The summed E-state index contributed by atoms with van der Waals surface area (Å²) in [7, 11) is 0. The minimum Gasteiger partial charge on any atom is -0.429 e. The molecule has 6 nitrogen and oxygen atoms in total. The minimum absolute atomic E-state index is 0.250. The number of hydrogen-bond acceptors (Lipinski definition) is 6. The van der Waals surface area contributed by atoms with E-state index in [1.54, 1.807) is 5.56 Å². The Hall–Kier alpha value is -4.49. The second-order valence-corrected chi connectivity index (χ2v) is 16.6. The number of benzene rings is 4. The number of rotatable bonds is 4. The maximum absolute atomic E-state index is 10.8. The fourth-order valence-corrected chi connectivity index (χ4v) is 11.3. The molecule has 4 aliphatic rings. The lowest BCUT2D eigenvalue weighted by molar-refractivity contribution is -0.191. The number of hydrogen-bond donors (Lipinski definition) is 0. The second kappa shape index (κ2) is 15.9. The van der Waals surface area contributed by atoms with Gasteiger partial charge in [-0.25, -0.2) is 0 Å². The molecule has 2 aromatic heterocycles. The van der Waals surface area contributed by atoms with E-state index in [0.29, 0.717) is 18.1 Å². The molecule has 0 N–H and O–H groups in total. The standard InChI is InChI=1S/C22H21NO2S.C22H23NS.CO2/c24-14-25-16-10-11-17-19(12-16)23-13-26-20-9-5-4-8-18(20)22(23)21(17)15-6-2-1-3-7-15;1-15-11-12-17-19(13-15)23-14-24-20-10-6-5-9-18(20)22(23)21(17)16-7-3-2-4-8-16;2-1-3/h4-5,8-12,14-15H,1-3,6-7,13H2;5-6,9-13,16H,2-4,7-8,14H2,1H3;. The normalized spacial score (nSPS) is 16.5. The summed E-state index contributed by atoms with van der Waals surface area (Å²) in [5.41, 5.74) is 12.8. The first kappa shape index (κ1) is 35.5. The molecule has 0 saturated heterocycles. The highest BCUT2D eigenvalue weighted by Crippen LogP contribution is 2.51. The molecule has 53 heavy (non-hydrogen) atoms. The van der Waals surface area contributed by atoms with E-state index in [2.05, 4.69) is 88.9 Å². The van der Waals surface area contributed by atoms with Crippen LogP contribution in [0.2, 0.25) is 0 Å². The van der Waals surface area contributed by atoms with Crippen molar-refractivity contribution in [3.8, 4) is 28.3 Å². The molecule has 6 aromatic rings. The van der Waals surface area contributed by atoms with Crippen LogP contribution in [0.25, 0.3) is 44.3 Å². The molecule has 2 saturated carbocycles. The van der Waals surface area contributed by atoms with Gasteiger partial charge in [-0.3, -0.25) is 4.79 Å². The van der Waals surface area contributed by atoms with Gasteiger partial charge in [0.15, 0.2) is 0 Å². The molecule has 270 valence electrons. The van der Waals surface area contributed by atoms with Crippen LogP contribution in [0, 0.1) is 6.92 Å². The number of fused-ring (bicyclic) bond motifs is 10. The van der Waals surface area contributed by atoms with Gasteiger partial charge >= 0.3 is 6.15 Å². The average molecular weight is 741 g/mol. The van der Waals surface area contributed by atoms with Crippen molar-refractivity contribution in [1.29, 1.82) is 0 Å². The first-order chi connectivity index (χ1) is 26.1. The van der Waals surface area contributed by atoms with E-state index < -0.39 is 0 Å². The summed E-state index contributed by atoms with van der Waals surface area (Å²) >= 11 is 3.85. The van der Waals surface area contributed by atoms with Crippen molar-refractivity contribution in [1.82, 2.24) is 9.13 Å². The Morgan fingerprint density at radius 1 is 0.642 bits per heavy atom. The molecule has 0 atom stereocenters. The van der Waals surface area contributed by atoms with Crippen LogP contribution in [-0.2, 0) is 26.1 Å². The Morgan fingerprint density at radius 2 is 1.11 bits per heavy atom. The van der Waals surface area contributed by atoms with Crippen LogP contribution in [0.3, 0.4) is 0 Å². The molecule has 0 unspecified atom stereocenters. The lowest BCUT2D eigenvalue weighted by Crippen LogP contribution is -2.09. The van der Waals surface area contributed by atoms with Crippen LogP contribution in [0.5, 0.6) is 5.75 Å². The quantitative estimate of drug-likeness (QED) is 0.168. The lowest BCUT2D eigenvalue weighted by atomic mass is 9.82. The molecule has 0 amide bonds. The number of nitrogens with zero attached hydrogens (tertiary/aromatic N) is 2. The van der Waals surface area contributed by atoms with Gasteiger partial charge in [0.1, 0.15) is 5.75 Å². The Bertz CT molecular complexity index is 2320. The third-order valence-electron chi connectivity index (χ3n) is 11.5. The molecule has 8 heteroatoms. The van der Waals surface area contributed by atoms with Gasteiger partial charge in [-0.1, -0.05) is 87.1 Å². The van der Waals surface area contributed by atoms with Gasteiger partial charge in [0.2, 0.25) is 0 Å². The molecule has 0 bridgehead atoms. The van der Waals surface area contributed by atoms with Gasteiger partial charge in [-0.05, 0) is 91.5 Å². The van der Waals surface area contributed by atoms with Crippen LogP contribution >= 0.6 is 23.5 Å². The Balaban J connectivity index is 0.000000141. The largest absolute Gasteiger partial charge is 0.429 e. The van der Waals surface area contributed by atoms with Crippen LogP contribution < -0.4 is 4.74 Å². The SMILES string of the molecule is Cc1ccc2c(C3CCCCC3)c3n(c2c1)CSc1ccccc1-3.O=C=O.O=COc1ccc2c(C3CCCCC3)c3n(c2c1)CSc1ccccc1-3. The highest BCUT2D eigenvalue weighted by atomic mass is 32.2. The number of ether oxygens (including phenoxy) is 1. The molecule has 0 spiro atoms. The average Bonchev–Trinajstić information content (AvgIpc) is 3.72. The number of carbonyl (C=O) groups is 1. The van der Waals surface area contributed by atoms with Crippen molar-refractivity contribution in [2.24, 2.45) is 0 Å². The van der Waals surface area contributed by atoms with Gasteiger partial charge in [-0.2, -0.15) is 9.59 Å². The first-order valence-electron chi connectivity index (χ1n) is 18.9. The smallest absolute Gasteiger partial charge is 0.373 e. The first-order valence-corrected chi connectivity index (χ1v) is 20.9. The van der Waals surface area contributed by atoms with Crippen molar-refractivity contribution >= 4 is 58.0 Å². The summed E-state index contributed by atoms with van der Waals surface area (Å²) in [5.74, 6) is 3.92. The van der Waals surface area contributed by atoms with Gasteiger partial charge in [0.05, 0.1) is 28.7 Å². The van der Waals surface area contributed by atoms with Crippen molar-refractivity contribution in [3.63, 3.8) is 0 Å². The summed E-state index contributed by atoms with van der Waals surface area (Å²) in [6.07, 6.45) is 13.7. The third-order valence-corrected chi connectivity index (χ3v) is 13.6. The molecule has 0 radical (unpaired) electrons. The van der Waals surface area contributed by atoms with Crippen LogP contribution in [0.15, 0.2) is 94.7 Å². The summed E-state index contributed by atoms with van der Waals surface area (Å²) in [6.45, 7) is 2.72. The molecule has 4 heterocycles. The molecular weight excluding hydrogens is 697 g/mol. The zero-order valence-electron chi connectivity index (χ0n) is 30.1. The maximum Gasteiger partial charge on any atom is 0.373 e. The summed E-state index contributed by atoms with van der Waals surface area (Å²) < 4.78 is 10.1. The summed E-state index contributed by atoms with van der Waals surface area (Å²) in [6, 6.07) is 30.9.